The zero-order valence-electron chi connectivity index (χ0n) is 12.5. The van der Waals surface area contributed by atoms with Gasteiger partial charge in [0, 0.05) is 23.4 Å². The molecule has 2 heterocycles. The summed E-state index contributed by atoms with van der Waals surface area (Å²) in [7, 11) is -2.83. The van der Waals surface area contributed by atoms with Crippen molar-refractivity contribution >= 4 is 21.2 Å². The molecule has 2 rings (SSSR count). The molecule has 1 N–H and O–H groups in total. The van der Waals surface area contributed by atoms with Gasteiger partial charge >= 0.3 is 0 Å². The van der Waals surface area contributed by atoms with Crippen molar-refractivity contribution < 1.29 is 8.42 Å². The fourth-order valence-electron chi connectivity index (χ4n) is 2.43. The molecule has 1 fully saturated rings. The fourth-order valence-corrected chi connectivity index (χ4v) is 5.49. The van der Waals surface area contributed by atoms with Gasteiger partial charge in [0.15, 0.2) is 9.84 Å². The molecule has 1 unspecified atom stereocenters. The first-order valence-corrected chi connectivity index (χ1v) is 9.97. The molecule has 1 aromatic rings. The smallest absolute Gasteiger partial charge is 0.151 e. The molecule has 6 heteroatoms. The highest BCUT2D eigenvalue weighted by Crippen LogP contribution is 2.33. The summed E-state index contributed by atoms with van der Waals surface area (Å²) < 4.78 is 23.2. The van der Waals surface area contributed by atoms with Crippen LogP contribution in [0.3, 0.4) is 0 Å². The zero-order valence-corrected chi connectivity index (χ0v) is 14.1. The van der Waals surface area contributed by atoms with Gasteiger partial charge in [0.2, 0.25) is 0 Å². The van der Waals surface area contributed by atoms with E-state index in [0.717, 1.165) is 36.5 Å². The highest BCUT2D eigenvalue weighted by atomic mass is 32.2. The Bertz CT molecular complexity index is 550. The van der Waals surface area contributed by atoms with Crippen LogP contribution in [0.5, 0.6) is 0 Å². The van der Waals surface area contributed by atoms with Crippen LogP contribution in [-0.4, -0.2) is 30.9 Å². The maximum atomic E-state index is 11.6. The largest absolute Gasteiger partial charge is 0.310 e. The van der Waals surface area contributed by atoms with Gasteiger partial charge in [-0.1, -0.05) is 27.2 Å². The summed E-state index contributed by atoms with van der Waals surface area (Å²) in [5.41, 5.74) is 1.16. The van der Waals surface area contributed by atoms with E-state index in [0.29, 0.717) is 11.8 Å². The minimum Gasteiger partial charge on any atom is -0.310 e. The summed E-state index contributed by atoms with van der Waals surface area (Å²) in [5, 5.41) is 4.46. The number of hydrogen-bond donors (Lipinski definition) is 1. The summed E-state index contributed by atoms with van der Waals surface area (Å²) in [6.45, 7) is 7.25. The van der Waals surface area contributed by atoms with E-state index in [4.69, 9.17) is 4.98 Å². The van der Waals surface area contributed by atoms with Crippen LogP contribution in [0.2, 0.25) is 0 Å². The molecule has 1 saturated heterocycles. The molecule has 1 aliphatic rings. The second-order valence-electron chi connectivity index (χ2n) is 5.81. The van der Waals surface area contributed by atoms with Crippen molar-refractivity contribution in [3.05, 3.63) is 15.6 Å². The molecular weight excluding hydrogens is 292 g/mol. The minimum atomic E-state index is -2.83. The molecule has 0 aliphatic carbocycles. The Hall–Kier alpha value is -0.460. The molecule has 1 aliphatic heterocycles. The monoisotopic (exact) mass is 316 g/mol. The second kappa shape index (κ2) is 6.54. The summed E-state index contributed by atoms with van der Waals surface area (Å²) in [5.74, 6) is 0.719. The van der Waals surface area contributed by atoms with Crippen LogP contribution >= 0.6 is 11.3 Å². The third-order valence-electron chi connectivity index (χ3n) is 3.53. The van der Waals surface area contributed by atoms with Crippen LogP contribution in [0.25, 0.3) is 0 Å². The van der Waals surface area contributed by atoms with Crippen LogP contribution in [0, 0.1) is 0 Å². The minimum absolute atomic E-state index is 0.119. The third kappa shape index (κ3) is 4.02. The molecule has 0 spiro atoms. The number of aryl methyl sites for hydroxylation is 1. The number of nitrogens with zero attached hydrogens (tertiary/aromatic N) is 1. The summed E-state index contributed by atoms with van der Waals surface area (Å²) >= 11 is 1.70. The maximum Gasteiger partial charge on any atom is 0.151 e. The Balaban J connectivity index is 2.16. The Morgan fingerprint density at radius 2 is 2.20 bits per heavy atom. The first-order chi connectivity index (χ1) is 9.41. The van der Waals surface area contributed by atoms with Crippen molar-refractivity contribution in [3.63, 3.8) is 0 Å². The highest BCUT2D eigenvalue weighted by molar-refractivity contribution is 7.91. The lowest BCUT2D eigenvalue weighted by Gasteiger charge is -2.07. The van der Waals surface area contributed by atoms with Crippen LogP contribution in [-0.2, 0) is 22.8 Å². The van der Waals surface area contributed by atoms with Gasteiger partial charge in [0.1, 0.15) is 0 Å². The van der Waals surface area contributed by atoms with E-state index in [9.17, 15) is 8.42 Å². The van der Waals surface area contributed by atoms with Gasteiger partial charge in [-0.05, 0) is 12.8 Å². The molecule has 0 radical (unpaired) electrons. The average molecular weight is 316 g/mol. The van der Waals surface area contributed by atoms with Gasteiger partial charge in [-0.2, -0.15) is 0 Å². The number of hydrogen-bond acceptors (Lipinski definition) is 5. The summed E-state index contributed by atoms with van der Waals surface area (Å²) in [6, 6.07) is 0.446. The standard InChI is InChI=1S/C14H24N2O2S2/c1-4-5-12-13(8-15-10(2)3)19-14(16-12)11-6-7-20(17,18)9-11/h10-11,15H,4-9H2,1-3H3. The van der Waals surface area contributed by atoms with E-state index in [2.05, 4.69) is 26.1 Å². The van der Waals surface area contributed by atoms with E-state index >= 15 is 0 Å². The molecule has 114 valence electrons. The number of nitrogens with one attached hydrogen (secondary N) is 1. The lowest BCUT2D eigenvalue weighted by molar-refractivity contribution is 0.589. The Kier molecular flexibility index (Phi) is 5.20. The molecule has 20 heavy (non-hydrogen) atoms. The van der Waals surface area contributed by atoms with E-state index < -0.39 is 9.84 Å². The molecule has 0 aromatic carbocycles. The lowest BCUT2D eigenvalue weighted by atomic mass is 10.1. The van der Waals surface area contributed by atoms with Gasteiger partial charge < -0.3 is 5.32 Å². The Morgan fingerprint density at radius 1 is 1.45 bits per heavy atom. The second-order valence-corrected chi connectivity index (χ2v) is 9.15. The zero-order chi connectivity index (χ0) is 14.8. The average Bonchev–Trinajstić information content (AvgIpc) is 2.91. The van der Waals surface area contributed by atoms with Crippen LogP contribution in [0.4, 0.5) is 0 Å². The molecule has 0 saturated carbocycles. The maximum absolute atomic E-state index is 11.6. The number of aromatic nitrogens is 1. The number of thiazole rings is 1. The Labute approximate surface area is 125 Å². The summed E-state index contributed by atoms with van der Waals surface area (Å²) in [6.07, 6.45) is 2.78. The van der Waals surface area contributed by atoms with E-state index in [1.807, 2.05) is 0 Å². The number of sulfone groups is 1. The van der Waals surface area contributed by atoms with E-state index in [1.165, 1.54) is 4.88 Å². The van der Waals surface area contributed by atoms with Crippen molar-refractivity contribution in [2.24, 2.45) is 0 Å². The number of rotatable bonds is 6. The Morgan fingerprint density at radius 3 is 2.75 bits per heavy atom. The van der Waals surface area contributed by atoms with Gasteiger partial charge in [0.25, 0.3) is 0 Å². The molecule has 0 bridgehead atoms. The predicted octanol–water partition coefficient (Wildman–Crippen LogP) is 2.50. The first kappa shape index (κ1) is 15.9. The van der Waals surface area contributed by atoms with E-state index in [1.54, 1.807) is 11.3 Å². The van der Waals surface area contributed by atoms with Crippen molar-refractivity contribution in [2.45, 2.75) is 58.5 Å². The van der Waals surface area contributed by atoms with Gasteiger partial charge in [-0.25, -0.2) is 13.4 Å². The van der Waals surface area contributed by atoms with Crippen molar-refractivity contribution in [1.82, 2.24) is 10.3 Å². The third-order valence-corrected chi connectivity index (χ3v) is 6.56. The highest BCUT2D eigenvalue weighted by Gasteiger charge is 2.31. The van der Waals surface area contributed by atoms with Gasteiger partial charge in [-0.15, -0.1) is 11.3 Å². The lowest BCUT2D eigenvalue weighted by Crippen LogP contribution is -2.21. The van der Waals surface area contributed by atoms with Crippen LogP contribution in [0.1, 0.15) is 55.1 Å². The van der Waals surface area contributed by atoms with Crippen molar-refractivity contribution in [1.29, 1.82) is 0 Å². The molecule has 4 nitrogen and oxygen atoms in total. The summed E-state index contributed by atoms with van der Waals surface area (Å²) in [4.78, 5) is 6.02. The van der Waals surface area contributed by atoms with Crippen LogP contribution in [0.15, 0.2) is 0 Å². The SMILES string of the molecule is CCCc1nc(C2CCS(=O)(=O)C2)sc1CNC(C)C. The van der Waals surface area contributed by atoms with E-state index in [-0.39, 0.29) is 11.7 Å². The predicted molar refractivity (Wildman–Crippen MR) is 84.1 cm³/mol. The molecule has 0 amide bonds. The quantitative estimate of drug-likeness (QED) is 0.876. The molecular formula is C14H24N2O2S2. The molecule has 1 atom stereocenters. The first-order valence-electron chi connectivity index (χ1n) is 7.33. The van der Waals surface area contributed by atoms with Crippen LogP contribution < -0.4 is 5.32 Å². The van der Waals surface area contributed by atoms with Crippen molar-refractivity contribution in [2.75, 3.05) is 11.5 Å². The fraction of sp³-hybridized carbons (Fsp3) is 0.786. The van der Waals surface area contributed by atoms with Crippen molar-refractivity contribution in [3.8, 4) is 0 Å². The van der Waals surface area contributed by atoms with Gasteiger partial charge in [0.05, 0.1) is 22.2 Å². The topological polar surface area (TPSA) is 59.1 Å². The molecule has 1 aromatic heterocycles. The van der Waals surface area contributed by atoms with Gasteiger partial charge in [-0.3, -0.25) is 0 Å². The normalized spacial score (nSPS) is 21.7.